The maximum atomic E-state index is 13.3. The molecule has 21 heavy (non-hydrogen) atoms. The van der Waals surface area contributed by atoms with Crippen LogP contribution in [0.25, 0.3) is 0 Å². The van der Waals surface area contributed by atoms with Crippen LogP contribution in [0.1, 0.15) is 13.3 Å². The van der Waals surface area contributed by atoms with Crippen molar-refractivity contribution in [2.45, 2.75) is 13.3 Å². The first kappa shape index (κ1) is 17.0. The summed E-state index contributed by atoms with van der Waals surface area (Å²) in [5.74, 6) is -6.22. The number of aliphatic hydroxyl groups is 1. The Hall–Kier alpha value is -2.09. The molecule has 0 saturated carbocycles. The van der Waals surface area contributed by atoms with E-state index in [1.807, 2.05) is 5.32 Å². The van der Waals surface area contributed by atoms with Crippen molar-refractivity contribution in [2.75, 3.05) is 18.5 Å². The number of benzene rings is 1. The van der Waals surface area contributed by atoms with Crippen molar-refractivity contribution in [3.05, 3.63) is 29.6 Å². The zero-order valence-electron chi connectivity index (χ0n) is 11.3. The third kappa shape index (κ3) is 5.07. The summed E-state index contributed by atoms with van der Waals surface area (Å²) < 4.78 is 38.9. The number of nitrogens with one attached hydrogen (secondary N) is 2. The summed E-state index contributed by atoms with van der Waals surface area (Å²) in [4.78, 5) is 22.9. The van der Waals surface area contributed by atoms with Gasteiger partial charge in [-0.05, 0) is 12.3 Å². The fourth-order valence-corrected chi connectivity index (χ4v) is 1.47. The van der Waals surface area contributed by atoms with Crippen LogP contribution in [0.5, 0.6) is 0 Å². The Balaban J connectivity index is 2.60. The highest BCUT2D eigenvalue weighted by Crippen LogP contribution is 2.18. The van der Waals surface area contributed by atoms with Gasteiger partial charge in [0.1, 0.15) is 5.82 Å². The number of amides is 2. The van der Waals surface area contributed by atoms with Gasteiger partial charge in [-0.25, -0.2) is 13.2 Å². The Morgan fingerprint density at radius 3 is 2.38 bits per heavy atom. The molecule has 0 spiro atoms. The lowest BCUT2D eigenvalue weighted by molar-refractivity contribution is -0.136. The average Bonchev–Trinajstić information content (AvgIpc) is 2.42. The van der Waals surface area contributed by atoms with Gasteiger partial charge in [0, 0.05) is 25.3 Å². The SMILES string of the molecule is CC(CCO)CNC(=O)C(=O)Nc1cc(F)c(F)cc1F. The minimum Gasteiger partial charge on any atom is -0.396 e. The highest BCUT2D eigenvalue weighted by molar-refractivity contribution is 6.39. The van der Waals surface area contributed by atoms with E-state index in [4.69, 9.17) is 5.11 Å². The summed E-state index contributed by atoms with van der Waals surface area (Å²) in [6, 6.07) is 0.719. The first-order valence-corrected chi connectivity index (χ1v) is 6.19. The molecular formula is C13H15F3N2O3. The van der Waals surface area contributed by atoms with Gasteiger partial charge in [-0.2, -0.15) is 0 Å². The van der Waals surface area contributed by atoms with Crippen molar-refractivity contribution >= 4 is 17.5 Å². The molecule has 1 aromatic carbocycles. The Bertz CT molecular complexity index is 538. The van der Waals surface area contributed by atoms with E-state index in [1.165, 1.54) is 0 Å². The van der Waals surface area contributed by atoms with Crippen LogP contribution in [0.2, 0.25) is 0 Å². The Labute approximate surface area is 119 Å². The molecule has 0 radical (unpaired) electrons. The van der Waals surface area contributed by atoms with Crippen molar-refractivity contribution < 1.29 is 27.9 Å². The van der Waals surface area contributed by atoms with Crippen molar-refractivity contribution in [1.29, 1.82) is 0 Å². The molecule has 0 aliphatic carbocycles. The molecule has 1 rings (SSSR count). The smallest absolute Gasteiger partial charge is 0.313 e. The maximum Gasteiger partial charge on any atom is 0.313 e. The maximum absolute atomic E-state index is 13.3. The molecular weight excluding hydrogens is 289 g/mol. The van der Waals surface area contributed by atoms with E-state index in [-0.39, 0.29) is 25.1 Å². The lowest BCUT2D eigenvalue weighted by atomic mass is 10.1. The third-order valence-electron chi connectivity index (χ3n) is 2.70. The topological polar surface area (TPSA) is 78.4 Å². The number of rotatable bonds is 5. The molecule has 5 nitrogen and oxygen atoms in total. The number of halogens is 3. The second kappa shape index (κ2) is 7.63. The number of hydrogen-bond donors (Lipinski definition) is 3. The molecule has 116 valence electrons. The number of aliphatic hydroxyl groups excluding tert-OH is 1. The molecule has 0 aromatic heterocycles. The highest BCUT2D eigenvalue weighted by Gasteiger charge is 2.18. The Morgan fingerprint density at radius 1 is 1.14 bits per heavy atom. The molecule has 0 heterocycles. The van der Waals surface area contributed by atoms with Gasteiger partial charge in [-0.1, -0.05) is 6.92 Å². The predicted molar refractivity (Wildman–Crippen MR) is 68.8 cm³/mol. The van der Waals surface area contributed by atoms with E-state index in [0.717, 1.165) is 0 Å². The van der Waals surface area contributed by atoms with Gasteiger partial charge in [0.2, 0.25) is 0 Å². The van der Waals surface area contributed by atoms with E-state index in [9.17, 15) is 22.8 Å². The summed E-state index contributed by atoms with van der Waals surface area (Å²) in [5, 5.41) is 12.8. The van der Waals surface area contributed by atoms with Gasteiger partial charge in [0.15, 0.2) is 11.6 Å². The van der Waals surface area contributed by atoms with E-state index >= 15 is 0 Å². The Morgan fingerprint density at radius 2 is 1.76 bits per heavy atom. The molecule has 0 aliphatic rings. The monoisotopic (exact) mass is 304 g/mol. The molecule has 0 bridgehead atoms. The van der Waals surface area contributed by atoms with Gasteiger partial charge in [0.05, 0.1) is 5.69 Å². The molecule has 1 aromatic rings. The van der Waals surface area contributed by atoms with Gasteiger partial charge in [0.25, 0.3) is 0 Å². The van der Waals surface area contributed by atoms with E-state index in [0.29, 0.717) is 12.5 Å². The van der Waals surface area contributed by atoms with Crippen molar-refractivity contribution in [2.24, 2.45) is 5.92 Å². The second-order valence-corrected chi connectivity index (χ2v) is 4.53. The predicted octanol–water partition coefficient (Wildman–Crippen LogP) is 1.18. The fourth-order valence-electron chi connectivity index (χ4n) is 1.47. The molecule has 8 heteroatoms. The van der Waals surface area contributed by atoms with Gasteiger partial charge >= 0.3 is 11.8 Å². The molecule has 0 fully saturated rings. The van der Waals surface area contributed by atoms with Crippen LogP contribution in [0.3, 0.4) is 0 Å². The third-order valence-corrected chi connectivity index (χ3v) is 2.70. The number of carbonyl (C=O) groups is 2. The summed E-state index contributed by atoms with van der Waals surface area (Å²) in [7, 11) is 0. The van der Waals surface area contributed by atoms with Crippen LogP contribution < -0.4 is 10.6 Å². The molecule has 1 unspecified atom stereocenters. The van der Waals surface area contributed by atoms with E-state index in [2.05, 4.69) is 5.32 Å². The van der Waals surface area contributed by atoms with Crippen molar-refractivity contribution in [1.82, 2.24) is 5.32 Å². The minimum absolute atomic E-state index is 0.0493. The van der Waals surface area contributed by atoms with Gasteiger partial charge in [-0.3, -0.25) is 9.59 Å². The zero-order valence-corrected chi connectivity index (χ0v) is 11.3. The number of carbonyl (C=O) groups excluding carboxylic acids is 2. The summed E-state index contributed by atoms with van der Waals surface area (Å²) >= 11 is 0. The molecule has 1 atom stereocenters. The van der Waals surface area contributed by atoms with E-state index < -0.39 is 35.0 Å². The normalized spacial score (nSPS) is 11.9. The zero-order chi connectivity index (χ0) is 16.0. The summed E-state index contributed by atoms with van der Waals surface area (Å²) in [5.41, 5.74) is -0.627. The van der Waals surface area contributed by atoms with Crippen molar-refractivity contribution in [3.63, 3.8) is 0 Å². The van der Waals surface area contributed by atoms with Crippen molar-refractivity contribution in [3.8, 4) is 0 Å². The first-order valence-electron chi connectivity index (χ1n) is 6.19. The molecule has 0 aliphatic heterocycles. The van der Waals surface area contributed by atoms with E-state index in [1.54, 1.807) is 6.92 Å². The standard InChI is InChI=1S/C13H15F3N2O3/c1-7(2-3-19)6-17-12(20)13(21)18-11-5-9(15)8(14)4-10(11)16/h4-5,7,19H,2-3,6H2,1H3,(H,17,20)(H,18,21). The highest BCUT2D eigenvalue weighted by atomic mass is 19.2. The number of hydrogen-bond acceptors (Lipinski definition) is 3. The molecule has 0 saturated heterocycles. The molecule has 3 N–H and O–H groups in total. The van der Waals surface area contributed by atoms with Crippen LogP contribution in [-0.2, 0) is 9.59 Å². The second-order valence-electron chi connectivity index (χ2n) is 4.53. The van der Waals surface area contributed by atoms with Gasteiger partial charge < -0.3 is 15.7 Å². The Kier molecular flexibility index (Phi) is 6.16. The van der Waals surface area contributed by atoms with Crippen LogP contribution in [-0.4, -0.2) is 30.1 Å². The first-order chi connectivity index (χ1) is 9.85. The molecule has 2 amide bonds. The van der Waals surface area contributed by atoms with Crippen LogP contribution in [0.4, 0.5) is 18.9 Å². The van der Waals surface area contributed by atoms with Crippen LogP contribution >= 0.6 is 0 Å². The lowest BCUT2D eigenvalue weighted by Crippen LogP contribution is -2.38. The quantitative estimate of drug-likeness (QED) is 0.564. The van der Waals surface area contributed by atoms with Crippen LogP contribution in [0, 0.1) is 23.4 Å². The minimum atomic E-state index is -1.40. The summed E-state index contributed by atoms with van der Waals surface area (Å²) in [6.45, 7) is 1.85. The lowest BCUT2D eigenvalue weighted by Gasteiger charge is -2.11. The number of anilines is 1. The fraction of sp³-hybridized carbons (Fsp3) is 0.385. The largest absolute Gasteiger partial charge is 0.396 e. The summed E-state index contributed by atoms with van der Waals surface area (Å²) in [6.07, 6.45) is 0.444. The average molecular weight is 304 g/mol. The van der Waals surface area contributed by atoms with Gasteiger partial charge in [-0.15, -0.1) is 0 Å². The van der Waals surface area contributed by atoms with Crippen LogP contribution in [0.15, 0.2) is 12.1 Å².